The summed E-state index contributed by atoms with van der Waals surface area (Å²) in [6, 6.07) is 15.5. The lowest BCUT2D eigenvalue weighted by molar-refractivity contribution is -0.155. The number of hydrazine groups is 1. The molecule has 4 aromatic rings. The van der Waals surface area contributed by atoms with Crippen molar-refractivity contribution in [1.82, 2.24) is 35.1 Å². The van der Waals surface area contributed by atoms with Gasteiger partial charge in [0.1, 0.15) is 18.1 Å². The first-order valence-electron chi connectivity index (χ1n) is 23.4. The number of methoxy groups -OCH3 is 1. The number of fused-ring (bicyclic) bond motifs is 6. The van der Waals surface area contributed by atoms with Crippen molar-refractivity contribution in [2.75, 3.05) is 33.9 Å². The number of pyridine rings is 1. The lowest BCUT2D eigenvalue weighted by Crippen LogP contribution is -2.62. The number of likely N-dealkylation sites (tertiary alicyclic amines) is 1. The van der Waals surface area contributed by atoms with E-state index < -0.39 is 47.2 Å². The number of hydrogen-bond donors (Lipinski definition) is 2. The van der Waals surface area contributed by atoms with Crippen molar-refractivity contribution in [3.63, 3.8) is 0 Å². The predicted molar refractivity (Wildman–Crippen MR) is 255 cm³/mol. The zero-order valence-corrected chi connectivity index (χ0v) is 40.1. The minimum absolute atomic E-state index is 0.135. The van der Waals surface area contributed by atoms with Crippen LogP contribution in [0, 0.1) is 17.3 Å². The van der Waals surface area contributed by atoms with Crippen LogP contribution in [-0.2, 0) is 52.8 Å². The number of amides is 4. The largest absolute Gasteiger partial charge is 0.464 e. The van der Waals surface area contributed by atoms with E-state index in [0.717, 1.165) is 50.1 Å². The monoisotopic (exact) mass is 902 g/mol. The van der Waals surface area contributed by atoms with Crippen LogP contribution in [0.3, 0.4) is 0 Å². The molecular formula is C52H67N7O7. The average molecular weight is 902 g/mol. The van der Waals surface area contributed by atoms with Crippen LogP contribution in [0.1, 0.15) is 90.7 Å². The Bertz CT molecular complexity index is 2500. The number of rotatable bonds is 10. The Balaban J connectivity index is 1.29. The van der Waals surface area contributed by atoms with Crippen LogP contribution in [0.15, 0.2) is 73.4 Å². The summed E-state index contributed by atoms with van der Waals surface area (Å²) >= 11 is 0. The summed E-state index contributed by atoms with van der Waals surface area (Å²) in [6.07, 6.45) is 5.01. The molecule has 4 amide bonds. The van der Waals surface area contributed by atoms with Crippen LogP contribution in [0.25, 0.3) is 33.3 Å². The van der Waals surface area contributed by atoms with Gasteiger partial charge >= 0.3 is 5.97 Å². The number of esters is 1. The maximum absolute atomic E-state index is 14.7. The highest BCUT2D eigenvalue weighted by atomic mass is 16.5. The molecular weight excluding hydrogens is 835 g/mol. The smallest absolute Gasteiger partial charge is 0.324 e. The second-order valence-corrected chi connectivity index (χ2v) is 19.4. The highest BCUT2D eigenvalue weighted by Crippen LogP contribution is 2.42. The zero-order chi connectivity index (χ0) is 47.6. The van der Waals surface area contributed by atoms with E-state index >= 15 is 0 Å². The fraction of sp³-hybridized carbons (Fsp3) is 0.500. The number of nitrogens with zero attached hydrogens (tertiary/aromatic N) is 5. The molecule has 0 saturated carbocycles. The van der Waals surface area contributed by atoms with Crippen molar-refractivity contribution in [1.29, 1.82) is 0 Å². The molecule has 2 fully saturated rings. The van der Waals surface area contributed by atoms with Gasteiger partial charge < -0.3 is 29.2 Å². The third kappa shape index (κ3) is 9.67. The fourth-order valence-electron chi connectivity index (χ4n) is 10.3. The highest BCUT2D eigenvalue weighted by molar-refractivity contribution is 5.96. The third-order valence-electron chi connectivity index (χ3n) is 13.8. The molecule has 0 aliphatic carbocycles. The SMILES string of the molecule is C=CC(=O)N1CC[C@H](C(=O)N(C)[C@H](C(=O)N[C@H]2Cc3cccc(c3)-c3ccc4c(c3)c(c(-c3cccnc3[C@H](C)OC)n4CC)CC(C)(C)COC(=O)[C@@H]3CCCN(N3)C2=O)C(C)C)[C@H]1C. The molecule has 352 valence electrons. The van der Waals surface area contributed by atoms with Crippen LogP contribution in [0.4, 0.5) is 0 Å². The van der Waals surface area contributed by atoms with E-state index in [4.69, 9.17) is 14.5 Å². The molecule has 0 unspecified atom stereocenters. The predicted octanol–water partition coefficient (Wildman–Crippen LogP) is 6.65. The second kappa shape index (κ2) is 19.9. The highest BCUT2D eigenvalue weighted by Gasteiger charge is 2.43. The number of aromatic nitrogens is 2. The van der Waals surface area contributed by atoms with E-state index in [9.17, 15) is 24.0 Å². The Kier molecular flexibility index (Phi) is 14.5. The standard InChI is InChI=1S/C52H67N7O7/c1-11-44(60)58-25-22-37(32(58)5)49(62)56(9)46(31(3)4)48(61)54-42-27-34-16-13-17-35(26-34)36-20-21-43-39(28-36)40(47(57(43)12-2)38-18-14-23-53-45(38)33(6)65-10)29-52(7,8)30-66-51(64)41-19-15-24-59(55-41)50(42)63/h11,13-14,16-18,20-21,23,26,28,31-33,37,41-42,46,55H,1,12,15,19,22,24-25,27,29-30H2,2-10H3,(H,54,61)/t32-,33+,37+,41+,42+,46+/m1/s1. The van der Waals surface area contributed by atoms with Gasteiger partial charge in [-0.05, 0) is 105 Å². The van der Waals surface area contributed by atoms with Gasteiger partial charge in [0.05, 0.1) is 30.0 Å². The number of cyclic esters (lactones) is 1. The molecule has 66 heavy (non-hydrogen) atoms. The van der Waals surface area contributed by atoms with Gasteiger partial charge in [-0.2, -0.15) is 0 Å². The minimum atomic E-state index is -1.05. The van der Waals surface area contributed by atoms with Crippen LogP contribution in [0.2, 0.25) is 0 Å². The van der Waals surface area contributed by atoms with Crippen molar-refractivity contribution in [3.05, 3.63) is 90.3 Å². The van der Waals surface area contributed by atoms with Crippen molar-refractivity contribution >= 4 is 40.5 Å². The quantitative estimate of drug-likeness (QED) is 0.132. The molecule has 6 atom stereocenters. The molecule has 14 heteroatoms. The van der Waals surface area contributed by atoms with Gasteiger partial charge in [-0.25, -0.2) is 5.43 Å². The average Bonchev–Trinajstić information content (AvgIpc) is 3.85. The van der Waals surface area contributed by atoms with Gasteiger partial charge in [0.25, 0.3) is 5.91 Å². The Morgan fingerprint density at radius 1 is 1.06 bits per heavy atom. The zero-order valence-electron chi connectivity index (χ0n) is 40.1. The molecule has 2 aromatic heterocycles. The van der Waals surface area contributed by atoms with Crippen LogP contribution in [-0.4, -0.2) is 112 Å². The molecule has 5 heterocycles. The summed E-state index contributed by atoms with van der Waals surface area (Å²) in [6.45, 7) is 19.1. The van der Waals surface area contributed by atoms with E-state index in [1.165, 1.54) is 16.0 Å². The van der Waals surface area contributed by atoms with Gasteiger partial charge in [-0.3, -0.25) is 34.0 Å². The topological polar surface area (TPSA) is 155 Å². The van der Waals surface area contributed by atoms with Gasteiger partial charge in [-0.1, -0.05) is 64.6 Å². The van der Waals surface area contributed by atoms with Crippen molar-refractivity contribution in [2.24, 2.45) is 17.3 Å². The second-order valence-electron chi connectivity index (χ2n) is 19.4. The molecule has 3 aliphatic rings. The maximum atomic E-state index is 14.7. The Morgan fingerprint density at radius 2 is 1.82 bits per heavy atom. The van der Waals surface area contributed by atoms with Gasteiger partial charge in [-0.15, -0.1) is 0 Å². The molecule has 2 aromatic carbocycles. The van der Waals surface area contributed by atoms with E-state index in [1.54, 1.807) is 25.3 Å². The summed E-state index contributed by atoms with van der Waals surface area (Å²) < 4.78 is 14.3. The Hall–Kier alpha value is -5.86. The lowest BCUT2D eigenvalue weighted by Gasteiger charge is -2.37. The van der Waals surface area contributed by atoms with Crippen LogP contribution in [0.5, 0.6) is 0 Å². The minimum Gasteiger partial charge on any atom is -0.464 e. The molecule has 3 aliphatic heterocycles. The lowest BCUT2D eigenvalue weighted by atomic mass is 9.84. The number of benzene rings is 2. The van der Waals surface area contributed by atoms with E-state index in [2.05, 4.69) is 79.1 Å². The Labute approximate surface area is 389 Å². The first-order chi connectivity index (χ1) is 31.5. The number of likely N-dealkylation sites (N-methyl/N-ethyl adjacent to an activating group) is 1. The molecule has 14 nitrogen and oxygen atoms in total. The number of carbonyl (C=O) groups excluding carboxylic acids is 5. The number of hydrogen-bond acceptors (Lipinski definition) is 9. The Morgan fingerprint density at radius 3 is 2.53 bits per heavy atom. The molecule has 7 rings (SSSR count). The summed E-state index contributed by atoms with van der Waals surface area (Å²) in [4.78, 5) is 77.8. The number of carbonyl (C=O) groups is 5. The normalized spacial score (nSPS) is 22.1. The number of ether oxygens (including phenoxy) is 2. The summed E-state index contributed by atoms with van der Waals surface area (Å²) in [5.41, 5.74) is 10.5. The van der Waals surface area contributed by atoms with Gasteiger partial charge in [0.15, 0.2) is 0 Å². The molecule has 2 N–H and O–H groups in total. The maximum Gasteiger partial charge on any atom is 0.324 e. The first-order valence-corrected chi connectivity index (χ1v) is 23.4. The van der Waals surface area contributed by atoms with E-state index in [1.807, 2.05) is 45.9 Å². The summed E-state index contributed by atoms with van der Waals surface area (Å²) in [7, 11) is 3.31. The molecule has 6 bridgehead atoms. The first kappa shape index (κ1) is 48.1. The van der Waals surface area contributed by atoms with Crippen molar-refractivity contribution in [3.8, 4) is 22.4 Å². The summed E-state index contributed by atoms with van der Waals surface area (Å²) in [5, 5.41) is 5.59. The number of nitrogens with one attached hydrogen (secondary N) is 2. The summed E-state index contributed by atoms with van der Waals surface area (Å²) in [5.74, 6) is -2.61. The third-order valence-corrected chi connectivity index (χ3v) is 13.8. The molecule has 0 spiro atoms. The van der Waals surface area contributed by atoms with Gasteiger partial charge in [0.2, 0.25) is 17.7 Å². The fourth-order valence-corrected chi connectivity index (χ4v) is 10.3. The molecule has 0 radical (unpaired) electrons. The van der Waals surface area contributed by atoms with Crippen molar-refractivity contribution in [2.45, 2.75) is 117 Å². The van der Waals surface area contributed by atoms with Crippen LogP contribution < -0.4 is 10.7 Å². The van der Waals surface area contributed by atoms with Gasteiger partial charge in [0, 0.05) is 74.3 Å². The van der Waals surface area contributed by atoms with Crippen LogP contribution >= 0.6 is 0 Å². The van der Waals surface area contributed by atoms with Crippen molar-refractivity contribution < 1.29 is 33.4 Å². The number of aryl methyl sites for hydroxylation is 1. The molecule has 2 saturated heterocycles. The van der Waals surface area contributed by atoms with E-state index in [0.29, 0.717) is 45.3 Å². The van der Waals surface area contributed by atoms with E-state index in [-0.39, 0.29) is 42.9 Å².